The Hall–Kier alpha value is -1.11. The summed E-state index contributed by atoms with van der Waals surface area (Å²) in [6.07, 6.45) is 4.85. The van der Waals surface area contributed by atoms with Crippen molar-refractivity contribution >= 4 is 10.2 Å². The van der Waals surface area contributed by atoms with Crippen LogP contribution in [-0.2, 0) is 16.6 Å². The summed E-state index contributed by atoms with van der Waals surface area (Å²) >= 11 is 0. The van der Waals surface area contributed by atoms with E-state index >= 15 is 0 Å². The molecule has 1 aromatic carbocycles. The summed E-state index contributed by atoms with van der Waals surface area (Å²) in [5.41, 5.74) is 1.17. The highest BCUT2D eigenvalue weighted by atomic mass is 32.2. The third-order valence-corrected chi connectivity index (χ3v) is 6.90. The van der Waals surface area contributed by atoms with Crippen LogP contribution in [-0.4, -0.2) is 50.3 Å². The molecule has 0 aromatic heterocycles. The van der Waals surface area contributed by atoms with E-state index in [-0.39, 0.29) is 0 Å². The highest BCUT2D eigenvalue weighted by Gasteiger charge is 2.34. The van der Waals surface area contributed by atoms with E-state index in [1.807, 2.05) is 18.2 Å². The first-order valence-corrected chi connectivity index (χ1v) is 9.88. The summed E-state index contributed by atoms with van der Waals surface area (Å²) in [7, 11) is -1.58. The number of rotatable bonds is 5. The zero-order valence-electron chi connectivity index (χ0n) is 13.8. The van der Waals surface area contributed by atoms with Crippen molar-refractivity contribution in [3.63, 3.8) is 0 Å². The van der Waals surface area contributed by atoms with Crippen LogP contribution in [0.2, 0.25) is 0 Å². The van der Waals surface area contributed by atoms with Crippen molar-refractivity contribution in [1.29, 1.82) is 0 Å². The first-order chi connectivity index (χ1) is 11.1. The minimum Gasteiger partial charge on any atom is -0.496 e. The Balaban J connectivity index is 1.68. The van der Waals surface area contributed by atoms with Crippen molar-refractivity contribution in [2.75, 3.05) is 33.3 Å². The SMILES string of the molecule is COc1ccccc1C[C@@H]1CCCN(S(=O)(=O)N2CCCC2)C1. The van der Waals surface area contributed by atoms with Crippen LogP contribution in [0.15, 0.2) is 24.3 Å². The molecule has 1 atom stereocenters. The van der Waals surface area contributed by atoms with Gasteiger partial charge >= 0.3 is 0 Å². The summed E-state index contributed by atoms with van der Waals surface area (Å²) in [5.74, 6) is 1.25. The lowest BCUT2D eigenvalue weighted by molar-refractivity contribution is 0.249. The molecule has 128 valence electrons. The van der Waals surface area contributed by atoms with Crippen molar-refractivity contribution in [3.05, 3.63) is 29.8 Å². The number of piperidine rings is 1. The molecule has 5 nitrogen and oxygen atoms in total. The Morgan fingerprint density at radius 2 is 1.78 bits per heavy atom. The van der Waals surface area contributed by atoms with Gasteiger partial charge in [-0.05, 0) is 49.7 Å². The lowest BCUT2D eigenvalue weighted by Crippen LogP contribution is -2.47. The maximum Gasteiger partial charge on any atom is 0.281 e. The Morgan fingerprint density at radius 3 is 2.52 bits per heavy atom. The minimum atomic E-state index is -3.27. The monoisotopic (exact) mass is 338 g/mol. The van der Waals surface area contributed by atoms with Crippen LogP contribution in [0.3, 0.4) is 0 Å². The predicted molar refractivity (Wildman–Crippen MR) is 90.7 cm³/mol. The molecule has 3 rings (SSSR count). The van der Waals surface area contributed by atoms with E-state index < -0.39 is 10.2 Å². The molecule has 0 amide bonds. The molecule has 6 heteroatoms. The first-order valence-electron chi connectivity index (χ1n) is 8.48. The zero-order valence-corrected chi connectivity index (χ0v) is 14.6. The van der Waals surface area contributed by atoms with Gasteiger partial charge in [-0.3, -0.25) is 0 Å². The van der Waals surface area contributed by atoms with E-state index in [9.17, 15) is 8.42 Å². The van der Waals surface area contributed by atoms with Gasteiger partial charge in [-0.15, -0.1) is 0 Å². The Bertz CT molecular complexity index is 626. The lowest BCUT2D eigenvalue weighted by atomic mass is 9.92. The van der Waals surface area contributed by atoms with Crippen LogP contribution < -0.4 is 4.74 Å². The molecule has 0 spiro atoms. The van der Waals surface area contributed by atoms with Crippen molar-refractivity contribution in [2.45, 2.75) is 32.1 Å². The van der Waals surface area contributed by atoms with Crippen LogP contribution >= 0.6 is 0 Å². The molecule has 2 fully saturated rings. The standard InChI is InChI=1S/C17H26N2O3S/c1-22-17-9-3-2-8-16(17)13-15-7-6-12-19(14-15)23(20,21)18-10-4-5-11-18/h2-3,8-9,15H,4-7,10-14H2,1H3/t15-/m0/s1. The van der Waals surface area contributed by atoms with Gasteiger partial charge in [-0.1, -0.05) is 18.2 Å². The minimum absolute atomic E-state index is 0.359. The summed E-state index contributed by atoms with van der Waals surface area (Å²) in [6, 6.07) is 8.02. The van der Waals surface area contributed by atoms with Crippen molar-refractivity contribution in [1.82, 2.24) is 8.61 Å². The molecule has 0 saturated carbocycles. The number of nitrogens with zero attached hydrogens (tertiary/aromatic N) is 2. The van der Waals surface area contributed by atoms with Gasteiger partial charge in [-0.25, -0.2) is 0 Å². The Morgan fingerprint density at radius 1 is 1.09 bits per heavy atom. The number of hydrogen-bond acceptors (Lipinski definition) is 3. The largest absolute Gasteiger partial charge is 0.496 e. The fourth-order valence-corrected chi connectivity index (χ4v) is 5.47. The fourth-order valence-electron chi connectivity index (χ4n) is 3.67. The highest BCUT2D eigenvalue weighted by molar-refractivity contribution is 7.86. The van der Waals surface area contributed by atoms with Gasteiger partial charge in [0, 0.05) is 26.2 Å². The van der Waals surface area contributed by atoms with Crippen molar-refractivity contribution < 1.29 is 13.2 Å². The lowest BCUT2D eigenvalue weighted by Gasteiger charge is -2.34. The molecule has 0 bridgehead atoms. The molecule has 0 N–H and O–H groups in total. The molecular weight excluding hydrogens is 312 g/mol. The van der Waals surface area contributed by atoms with E-state index in [0.29, 0.717) is 32.1 Å². The Labute approximate surface area is 139 Å². The fraction of sp³-hybridized carbons (Fsp3) is 0.647. The number of para-hydroxylation sites is 1. The second kappa shape index (κ2) is 7.20. The van der Waals surface area contributed by atoms with Crippen LogP contribution in [0.25, 0.3) is 0 Å². The molecular formula is C17H26N2O3S. The predicted octanol–water partition coefficient (Wildman–Crippen LogP) is 2.29. The molecule has 2 saturated heterocycles. The third kappa shape index (κ3) is 3.70. The molecule has 1 aromatic rings. The van der Waals surface area contributed by atoms with E-state index in [2.05, 4.69) is 6.07 Å². The van der Waals surface area contributed by atoms with Gasteiger partial charge in [0.1, 0.15) is 5.75 Å². The topological polar surface area (TPSA) is 49.9 Å². The second-order valence-electron chi connectivity index (χ2n) is 6.50. The van der Waals surface area contributed by atoms with Gasteiger partial charge in [-0.2, -0.15) is 17.0 Å². The average Bonchev–Trinajstić information content (AvgIpc) is 3.11. The molecule has 2 heterocycles. The van der Waals surface area contributed by atoms with Crippen LogP contribution in [0.1, 0.15) is 31.2 Å². The van der Waals surface area contributed by atoms with Gasteiger partial charge in [0.15, 0.2) is 0 Å². The second-order valence-corrected chi connectivity index (χ2v) is 8.42. The van der Waals surface area contributed by atoms with Crippen LogP contribution in [0, 0.1) is 5.92 Å². The molecule has 0 unspecified atom stereocenters. The number of hydrogen-bond donors (Lipinski definition) is 0. The maximum absolute atomic E-state index is 12.7. The summed E-state index contributed by atoms with van der Waals surface area (Å²) in [6.45, 7) is 2.63. The quantitative estimate of drug-likeness (QED) is 0.828. The zero-order chi connectivity index (χ0) is 16.3. The first kappa shape index (κ1) is 16.7. The van der Waals surface area contributed by atoms with E-state index in [4.69, 9.17) is 4.74 Å². The molecule has 0 aliphatic carbocycles. The van der Waals surface area contributed by atoms with Gasteiger partial charge < -0.3 is 4.74 Å². The van der Waals surface area contributed by atoms with Crippen LogP contribution in [0.4, 0.5) is 0 Å². The van der Waals surface area contributed by atoms with Gasteiger partial charge in [0.25, 0.3) is 10.2 Å². The third-order valence-electron chi connectivity index (χ3n) is 4.90. The normalized spacial score (nSPS) is 24.0. The summed E-state index contributed by atoms with van der Waals surface area (Å²) < 4.78 is 34.2. The molecule has 2 aliphatic heterocycles. The smallest absolute Gasteiger partial charge is 0.281 e. The van der Waals surface area contributed by atoms with Crippen molar-refractivity contribution in [2.24, 2.45) is 5.92 Å². The molecule has 2 aliphatic rings. The highest BCUT2D eigenvalue weighted by Crippen LogP contribution is 2.28. The van der Waals surface area contributed by atoms with Crippen LogP contribution in [0.5, 0.6) is 5.75 Å². The molecule has 0 radical (unpaired) electrons. The summed E-state index contributed by atoms with van der Waals surface area (Å²) in [4.78, 5) is 0. The summed E-state index contributed by atoms with van der Waals surface area (Å²) in [5, 5.41) is 0. The van der Waals surface area contributed by atoms with Gasteiger partial charge in [0.2, 0.25) is 0 Å². The number of benzene rings is 1. The Kier molecular flexibility index (Phi) is 5.24. The average molecular weight is 338 g/mol. The number of methoxy groups -OCH3 is 1. The van der Waals surface area contributed by atoms with Crippen molar-refractivity contribution in [3.8, 4) is 5.75 Å². The molecule has 23 heavy (non-hydrogen) atoms. The van der Waals surface area contributed by atoms with E-state index in [1.54, 1.807) is 15.7 Å². The number of ether oxygens (including phenoxy) is 1. The maximum atomic E-state index is 12.7. The van der Waals surface area contributed by atoms with E-state index in [1.165, 1.54) is 5.56 Å². The van der Waals surface area contributed by atoms with Gasteiger partial charge in [0.05, 0.1) is 7.11 Å². The van der Waals surface area contributed by atoms with E-state index in [0.717, 1.165) is 37.9 Å².